The molecule has 40 heavy (non-hydrogen) atoms. The van der Waals surface area contributed by atoms with E-state index in [1.54, 1.807) is 32.9 Å². The van der Waals surface area contributed by atoms with E-state index in [9.17, 15) is 23.4 Å². The summed E-state index contributed by atoms with van der Waals surface area (Å²) >= 11 is 0. The van der Waals surface area contributed by atoms with E-state index in [0.717, 1.165) is 12.7 Å². The molecule has 1 aliphatic heterocycles. The Morgan fingerprint density at radius 1 is 1.23 bits per heavy atom. The van der Waals surface area contributed by atoms with Gasteiger partial charge in [0.05, 0.1) is 25.1 Å². The van der Waals surface area contributed by atoms with Crippen molar-refractivity contribution in [3.8, 4) is 23.3 Å². The number of rotatable bonds is 13. The molecule has 0 bridgehead atoms. The number of methoxy groups -OCH3 is 2. The molecule has 12 heteroatoms. The molecule has 1 saturated heterocycles. The quantitative estimate of drug-likeness (QED) is 0.199. The summed E-state index contributed by atoms with van der Waals surface area (Å²) in [5, 5.41) is 20.2. The summed E-state index contributed by atoms with van der Waals surface area (Å²) < 4.78 is 56.6. The molecular weight excluding hydrogens is 544 g/mol. The first kappa shape index (κ1) is 32.1. The minimum atomic E-state index is -3.32. The SMILES string of the molecule is COCOc1cc(OC)cc(C2CC2C[C@@H]2OC(C)(C)O[C@@H]2C(O)C#CC[C@H](C)O)c1C(=O)OCCS(C)(=O)=O. The van der Waals surface area contributed by atoms with Gasteiger partial charge in [-0.2, -0.15) is 0 Å². The minimum absolute atomic E-state index is 0.0765. The smallest absolute Gasteiger partial charge is 0.342 e. The maximum Gasteiger partial charge on any atom is 0.342 e. The number of esters is 1. The lowest BCUT2D eigenvalue weighted by molar-refractivity contribution is -0.152. The van der Waals surface area contributed by atoms with Crippen molar-refractivity contribution in [1.29, 1.82) is 0 Å². The van der Waals surface area contributed by atoms with Crippen molar-refractivity contribution in [3.05, 3.63) is 23.3 Å². The normalized spacial score (nSPS) is 24.9. The van der Waals surface area contributed by atoms with Gasteiger partial charge < -0.3 is 38.6 Å². The largest absolute Gasteiger partial charge is 0.497 e. The lowest BCUT2D eigenvalue weighted by Gasteiger charge is -2.19. The Hall–Kier alpha value is -2.40. The van der Waals surface area contributed by atoms with Crippen molar-refractivity contribution in [2.75, 3.05) is 39.6 Å². The van der Waals surface area contributed by atoms with Gasteiger partial charge in [-0.15, -0.1) is 0 Å². The molecule has 2 aliphatic rings. The van der Waals surface area contributed by atoms with Gasteiger partial charge in [0, 0.05) is 25.9 Å². The van der Waals surface area contributed by atoms with Crippen molar-refractivity contribution in [2.24, 2.45) is 5.92 Å². The molecule has 0 spiro atoms. The van der Waals surface area contributed by atoms with Crippen LogP contribution in [0.2, 0.25) is 0 Å². The zero-order valence-electron chi connectivity index (χ0n) is 23.8. The second-order valence-corrected chi connectivity index (χ2v) is 13.0. The zero-order valence-corrected chi connectivity index (χ0v) is 24.7. The van der Waals surface area contributed by atoms with Crippen LogP contribution < -0.4 is 9.47 Å². The Labute approximate surface area is 236 Å². The molecule has 2 fully saturated rings. The summed E-state index contributed by atoms with van der Waals surface area (Å²) in [4.78, 5) is 13.2. The van der Waals surface area contributed by atoms with Crippen LogP contribution in [-0.2, 0) is 28.8 Å². The van der Waals surface area contributed by atoms with Gasteiger partial charge in [0.1, 0.15) is 35.9 Å². The number of carbonyl (C=O) groups is 1. The number of carbonyl (C=O) groups excluding carboxylic acids is 1. The van der Waals surface area contributed by atoms with Crippen molar-refractivity contribution >= 4 is 15.8 Å². The van der Waals surface area contributed by atoms with Crippen molar-refractivity contribution in [3.63, 3.8) is 0 Å². The van der Waals surface area contributed by atoms with Crippen LogP contribution in [0, 0.1) is 17.8 Å². The number of aliphatic hydroxyl groups excluding tert-OH is 2. The lowest BCUT2D eigenvalue weighted by atomic mass is 9.97. The highest BCUT2D eigenvalue weighted by Gasteiger charge is 2.50. The van der Waals surface area contributed by atoms with Gasteiger partial charge in [-0.1, -0.05) is 11.8 Å². The number of hydrogen-bond donors (Lipinski definition) is 2. The Morgan fingerprint density at radius 3 is 2.58 bits per heavy atom. The van der Waals surface area contributed by atoms with Gasteiger partial charge >= 0.3 is 5.97 Å². The van der Waals surface area contributed by atoms with E-state index in [1.807, 2.05) is 0 Å². The first-order valence-electron chi connectivity index (χ1n) is 13.1. The molecule has 1 heterocycles. The molecule has 0 amide bonds. The molecule has 1 saturated carbocycles. The fraction of sp³-hybridized carbons (Fsp3) is 0.679. The number of ether oxygens (including phenoxy) is 6. The first-order valence-corrected chi connectivity index (χ1v) is 15.2. The highest BCUT2D eigenvalue weighted by Crippen LogP contribution is 2.54. The van der Waals surface area contributed by atoms with Crippen molar-refractivity contribution in [1.82, 2.24) is 0 Å². The van der Waals surface area contributed by atoms with Crippen LogP contribution >= 0.6 is 0 Å². The highest BCUT2D eigenvalue weighted by atomic mass is 32.2. The molecule has 1 aromatic rings. The summed E-state index contributed by atoms with van der Waals surface area (Å²) in [6, 6.07) is 3.31. The van der Waals surface area contributed by atoms with Gasteiger partial charge in [0.25, 0.3) is 0 Å². The third kappa shape index (κ3) is 9.06. The van der Waals surface area contributed by atoms with Crippen LogP contribution in [0.4, 0.5) is 0 Å². The summed E-state index contributed by atoms with van der Waals surface area (Å²) in [7, 11) is -0.367. The van der Waals surface area contributed by atoms with Gasteiger partial charge in [-0.05, 0) is 57.1 Å². The molecule has 224 valence electrons. The Bertz CT molecular complexity index is 1200. The molecule has 2 N–H and O–H groups in total. The Balaban J connectivity index is 1.84. The van der Waals surface area contributed by atoms with Crippen molar-refractivity contribution < 1.29 is 51.8 Å². The first-order chi connectivity index (χ1) is 18.7. The van der Waals surface area contributed by atoms with Crippen LogP contribution in [-0.4, -0.2) is 94.4 Å². The molecule has 3 rings (SSSR count). The summed E-state index contributed by atoms with van der Waals surface area (Å²) in [6.07, 6.45) is -0.304. The zero-order chi connectivity index (χ0) is 29.7. The molecule has 0 aromatic heterocycles. The molecule has 1 aromatic carbocycles. The van der Waals surface area contributed by atoms with E-state index >= 15 is 0 Å². The van der Waals surface area contributed by atoms with E-state index < -0.39 is 46.0 Å². The van der Waals surface area contributed by atoms with E-state index in [4.69, 9.17) is 28.4 Å². The summed E-state index contributed by atoms with van der Waals surface area (Å²) in [5.41, 5.74) is 0.829. The van der Waals surface area contributed by atoms with Crippen LogP contribution in [0.3, 0.4) is 0 Å². The Kier molecular flexibility index (Phi) is 10.8. The summed E-state index contributed by atoms with van der Waals surface area (Å²) in [6.45, 7) is 4.75. The molecule has 0 radical (unpaired) electrons. The van der Waals surface area contributed by atoms with Crippen LogP contribution in [0.15, 0.2) is 12.1 Å². The second-order valence-electron chi connectivity index (χ2n) is 10.7. The van der Waals surface area contributed by atoms with Gasteiger partial charge in [0.15, 0.2) is 22.4 Å². The monoisotopic (exact) mass is 584 g/mol. The molecule has 11 nitrogen and oxygen atoms in total. The minimum Gasteiger partial charge on any atom is -0.497 e. The van der Waals surface area contributed by atoms with Crippen LogP contribution in [0.5, 0.6) is 11.5 Å². The maximum absolute atomic E-state index is 13.2. The molecule has 1 aliphatic carbocycles. The second kappa shape index (κ2) is 13.5. The number of benzene rings is 1. The van der Waals surface area contributed by atoms with E-state index in [1.165, 1.54) is 14.2 Å². The molecular formula is C28H40O11S. The standard InChI is InChI=1S/C28H40O11S/c1-17(29)8-7-9-22(30)26-24(38-28(2,3)39-26)13-18-12-20(18)21-14-19(35-5)15-23(37-16-34-4)25(21)27(31)36-10-11-40(6,32)33/h14-15,17-18,20,22,24,26,29-30H,8,10-13,16H2,1-6H3/t17-,18?,20?,22?,24-,26+/m0/s1. The highest BCUT2D eigenvalue weighted by molar-refractivity contribution is 7.90. The lowest BCUT2D eigenvalue weighted by Crippen LogP contribution is -2.35. The van der Waals surface area contributed by atoms with E-state index in [2.05, 4.69) is 11.8 Å². The van der Waals surface area contributed by atoms with Gasteiger partial charge in [-0.3, -0.25) is 0 Å². The van der Waals surface area contributed by atoms with E-state index in [0.29, 0.717) is 17.7 Å². The molecule has 3 unspecified atom stereocenters. The Morgan fingerprint density at radius 2 is 1.95 bits per heavy atom. The van der Waals surface area contributed by atoms with Gasteiger partial charge in [-0.25, -0.2) is 13.2 Å². The average Bonchev–Trinajstić information content (AvgIpc) is 3.55. The van der Waals surface area contributed by atoms with Crippen molar-refractivity contribution in [2.45, 2.75) is 76.2 Å². The number of aliphatic hydroxyl groups is 2. The van der Waals surface area contributed by atoms with Crippen LogP contribution in [0.1, 0.15) is 61.9 Å². The molecule has 6 atom stereocenters. The van der Waals surface area contributed by atoms with E-state index in [-0.39, 0.29) is 48.7 Å². The third-order valence-corrected chi connectivity index (χ3v) is 7.51. The maximum atomic E-state index is 13.2. The predicted octanol–water partition coefficient (Wildman–Crippen LogP) is 2.03. The fourth-order valence-electron chi connectivity index (χ4n) is 4.73. The average molecular weight is 585 g/mol. The third-order valence-electron chi connectivity index (χ3n) is 6.60. The summed E-state index contributed by atoms with van der Waals surface area (Å²) in [5.74, 6) is 4.28. The van der Waals surface area contributed by atoms with Crippen LogP contribution in [0.25, 0.3) is 0 Å². The fourth-order valence-corrected chi connectivity index (χ4v) is 5.11. The number of hydrogen-bond acceptors (Lipinski definition) is 11. The van der Waals surface area contributed by atoms with Gasteiger partial charge in [0.2, 0.25) is 0 Å². The predicted molar refractivity (Wildman–Crippen MR) is 145 cm³/mol. The topological polar surface area (TPSA) is 147 Å². The number of sulfone groups is 1.